The summed E-state index contributed by atoms with van der Waals surface area (Å²) in [6.45, 7) is 1.68. The molecule has 0 N–H and O–H groups in total. The molecule has 1 aliphatic rings. The fourth-order valence-electron chi connectivity index (χ4n) is 2.36. The number of carbonyl (C=O) groups excluding carboxylic acids is 1. The van der Waals surface area contributed by atoms with Crippen molar-refractivity contribution in [3.05, 3.63) is 34.8 Å². The van der Waals surface area contributed by atoms with Crippen molar-refractivity contribution in [2.45, 2.75) is 18.8 Å². The molecule has 0 aromatic carbocycles. The number of amides is 1. The number of likely N-dealkylation sites (tertiary alicyclic amines) is 1. The van der Waals surface area contributed by atoms with Crippen LogP contribution in [0.4, 0.5) is 0 Å². The van der Waals surface area contributed by atoms with Crippen LogP contribution in [0.5, 0.6) is 0 Å². The predicted octanol–water partition coefficient (Wildman–Crippen LogP) is 2.54. The van der Waals surface area contributed by atoms with E-state index in [1.165, 1.54) is 5.01 Å². The number of hydrogen-bond donors (Lipinski definition) is 0. The zero-order valence-electron chi connectivity index (χ0n) is 10.5. The molecular weight excluding hydrogens is 258 g/mol. The molecule has 4 nitrogen and oxygen atoms in total. The Hall–Kier alpha value is -1.75. The largest absolute Gasteiger partial charge is 0.345 e. The number of pyridine rings is 1. The summed E-state index contributed by atoms with van der Waals surface area (Å²) in [7, 11) is 0. The first kappa shape index (κ1) is 12.3. The third-order valence-corrected chi connectivity index (χ3v) is 4.48. The second kappa shape index (κ2) is 5.48. The molecule has 3 heterocycles. The van der Waals surface area contributed by atoms with Crippen LogP contribution in [0.3, 0.4) is 0 Å². The average molecular weight is 273 g/mol. The van der Waals surface area contributed by atoms with Gasteiger partial charge in [-0.1, -0.05) is 6.07 Å². The zero-order valence-corrected chi connectivity index (χ0v) is 11.3. The molecule has 5 heteroatoms. The predicted molar refractivity (Wildman–Crippen MR) is 75.0 cm³/mol. The molecule has 98 valence electrons. The van der Waals surface area contributed by atoms with Gasteiger partial charge in [-0.25, -0.2) is 4.98 Å². The number of piperidine rings is 1. The molecule has 3 rings (SSSR count). The molecule has 0 radical (unpaired) electrons. The van der Waals surface area contributed by atoms with E-state index in [1.54, 1.807) is 17.5 Å². The van der Waals surface area contributed by atoms with Crippen molar-refractivity contribution in [2.24, 2.45) is 0 Å². The standard InChI is InChI=1S/C14H15N3OS/c18-10-17-7-4-11(5-8-17)14-16-13(9-19-14)12-3-1-2-6-15-12/h1-3,6,9-11H,4-5,7-8H2. The molecule has 1 amide bonds. The Labute approximate surface area is 116 Å². The Morgan fingerprint density at radius 3 is 2.79 bits per heavy atom. The monoisotopic (exact) mass is 273 g/mol. The van der Waals surface area contributed by atoms with Crippen LogP contribution in [0.25, 0.3) is 11.4 Å². The molecule has 2 aromatic rings. The van der Waals surface area contributed by atoms with Crippen molar-refractivity contribution in [1.82, 2.24) is 14.9 Å². The van der Waals surface area contributed by atoms with Gasteiger partial charge in [0.1, 0.15) is 0 Å². The maximum Gasteiger partial charge on any atom is 0.209 e. The van der Waals surface area contributed by atoms with Crippen LogP contribution >= 0.6 is 11.3 Å². The molecule has 0 aliphatic carbocycles. The van der Waals surface area contributed by atoms with Gasteiger partial charge in [0, 0.05) is 30.6 Å². The second-order valence-corrected chi connectivity index (χ2v) is 5.59. The Bertz CT molecular complexity index is 547. The maximum absolute atomic E-state index is 10.7. The first-order chi connectivity index (χ1) is 9.36. The number of thiazole rings is 1. The third-order valence-electron chi connectivity index (χ3n) is 3.48. The SMILES string of the molecule is O=CN1CCC(c2nc(-c3ccccn3)cs2)CC1. The van der Waals surface area contributed by atoms with Crippen LogP contribution in [0.2, 0.25) is 0 Å². The van der Waals surface area contributed by atoms with Gasteiger partial charge in [0.05, 0.1) is 16.4 Å². The summed E-state index contributed by atoms with van der Waals surface area (Å²) in [6.07, 6.45) is 4.75. The van der Waals surface area contributed by atoms with Gasteiger partial charge < -0.3 is 4.90 Å². The number of hydrogen-bond acceptors (Lipinski definition) is 4. The topological polar surface area (TPSA) is 46.1 Å². The molecule has 0 unspecified atom stereocenters. The van der Waals surface area contributed by atoms with Crippen LogP contribution in [-0.2, 0) is 4.79 Å². The molecular formula is C14H15N3OS. The highest BCUT2D eigenvalue weighted by Crippen LogP contribution is 2.31. The molecule has 1 saturated heterocycles. The van der Waals surface area contributed by atoms with E-state index in [0.29, 0.717) is 5.92 Å². The summed E-state index contributed by atoms with van der Waals surface area (Å²) in [5, 5.41) is 3.25. The van der Waals surface area contributed by atoms with E-state index in [1.807, 2.05) is 23.1 Å². The minimum Gasteiger partial charge on any atom is -0.345 e. The second-order valence-electron chi connectivity index (χ2n) is 4.70. The van der Waals surface area contributed by atoms with Gasteiger partial charge in [0.2, 0.25) is 6.41 Å². The lowest BCUT2D eigenvalue weighted by Crippen LogP contribution is -2.31. The van der Waals surface area contributed by atoms with Gasteiger partial charge in [0.15, 0.2) is 0 Å². The van der Waals surface area contributed by atoms with Crippen LogP contribution < -0.4 is 0 Å². The van der Waals surface area contributed by atoms with Gasteiger partial charge >= 0.3 is 0 Å². The van der Waals surface area contributed by atoms with E-state index in [0.717, 1.165) is 43.7 Å². The normalized spacial score (nSPS) is 16.5. The van der Waals surface area contributed by atoms with E-state index in [-0.39, 0.29) is 0 Å². The van der Waals surface area contributed by atoms with E-state index in [9.17, 15) is 4.79 Å². The van der Waals surface area contributed by atoms with E-state index < -0.39 is 0 Å². The molecule has 2 aromatic heterocycles. The molecule has 0 atom stereocenters. The van der Waals surface area contributed by atoms with Crippen molar-refractivity contribution >= 4 is 17.7 Å². The summed E-state index contributed by atoms with van der Waals surface area (Å²) in [5.41, 5.74) is 1.88. The van der Waals surface area contributed by atoms with Crippen LogP contribution in [0.15, 0.2) is 29.8 Å². The lowest BCUT2D eigenvalue weighted by Gasteiger charge is -2.27. The van der Waals surface area contributed by atoms with E-state index in [2.05, 4.69) is 10.4 Å². The van der Waals surface area contributed by atoms with Gasteiger partial charge in [-0.05, 0) is 25.0 Å². The van der Waals surface area contributed by atoms with Crippen molar-refractivity contribution in [2.75, 3.05) is 13.1 Å². The lowest BCUT2D eigenvalue weighted by molar-refractivity contribution is -0.119. The van der Waals surface area contributed by atoms with Gasteiger partial charge in [-0.3, -0.25) is 9.78 Å². The van der Waals surface area contributed by atoms with Crippen molar-refractivity contribution in [1.29, 1.82) is 0 Å². The zero-order chi connectivity index (χ0) is 13.1. The highest BCUT2D eigenvalue weighted by Gasteiger charge is 2.22. The summed E-state index contributed by atoms with van der Waals surface area (Å²) in [5.74, 6) is 0.485. The number of carbonyl (C=O) groups is 1. The smallest absolute Gasteiger partial charge is 0.209 e. The molecule has 0 spiro atoms. The quantitative estimate of drug-likeness (QED) is 0.807. The maximum atomic E-state index is 10.7. The third kappa shape index (κ3) is 2.66. The minimum atomic E-state index is 0.485. The van der Waals surface area contributed by atoms with Crippen LogP contribution in [0.1, 0.15) is 23.8 Å². The van der Waals surface area contributed by atoms with Crippen molar-refractivity contribution < 1.29 is 4.79 Å². The Kier molecular flexibility index (Phi) is 3.55. The number of aromatic nitrogens is 2. The Morgan fingerprint density at radius 1 is 1.26 bits per heavy atom. The highest BCUT2D eigenvalue weighted by molar-refractivity contribution is 7.10. The highest BCUT2D eigenvalue weighted by atomic mass is 32.1. The molecule has 1 fully saturated rings. The Balaban J connectivity index is 1.74. The first-order valence-corrected chi connectivity index (χ1v) is 7.31. The van der Waals surface area contributed by atoms with E-state index in [4.69, 9.17) is 4.98 Å². The molecule has 0 saturated carbocycles. The van der Waals surface area contributed by atoms with Gasteiger partial charge in [-0.15, -0.1) is 11.3 Å². The van der Waals surface area contributed by atoms with E-state index >= 15 is 0 Å². The van der Waals surface area contributed by atoms with Gasteiger partial charge in [-0.2, -0.15) is 0 Å². The fraction of sp³-hybridized carbons (Fsp3) is 0.357. The Morgan fingerprint density at radius 2 is 2.11 bits per heavy atom. The molecule has 19 heavy (non-hydrogen) atoms. The van der Waals surface area contributed by atoms with Crippen molar-refractivity contribution in [3.63, 3.8) is 0 Å². The summed E-state index contributed by atoms with van der Waals surface area (Å²) in [6, 6.07) is 5.86. The lowest BCUT2D eigenvalue weighted by atomic mass is 9.98. The van der Waals surface area contributed by atoms with Crippen molar-refractivity contribution in [3.8, 4) is 11.4 Å². The van der Waals surface area contributed by atoms with Crippen LogP contribution in [0, 0.1) is 0 Å². The molecule has 0 bridgehead atoms. The number of rotatable bonds is 3. The van der Waals surface area contributed by atoms with Gasteiger partial charge in [0.25, 0.3) is 0 Å². The molecule has 1 aliphatic heterocycles. The summed E-state index contributed by atoms with van der Waals surface area (Å²) < 4.78 is 0. The summed E-state index contributed by atoms with van der Waals surface area (Å²) in [4.78, 5) is 21.6. The van der Waals surface area contributed by atoms with Crippen LogP contribution in [-0.4, -0.2) is 34.4 Å². The summed E-state index contributed by atoms with van der Waals surface area (Å²) >= 11 is 1.70. The minimum absolute atomic E-state index is 0.485. The number of nitrogens with zero attached hydrogens (tertiary/aromatic N) is 3. The first-order valence-electron chi connectivity index (χ1n) is 6.43. The average Bonchev–Trinajstić information content (AvgIpc) is 2.98. The fourth-order valence-corrected chi connectivity index (χ4v) is 3.34.